The van der Waals surface area contributed by atoms with Gasteiger partial charge >= 0.3 is 0 Å². The van der Waals surface area contributed by atoms with Gasteiger partial charge in [-0.3, -0.25) is 9.59 Å². The van der Waals surface area contributed by atoms with Gasteiger partial charge in [0, 0.05) is 37.4 Å². The third kappa shape index (κ3) is 4.54. The molecule has 1 saturated heterocycles. The maximum atomic E-state index is 13.4. The summed E-state index contributed by atoms with van der Waals surface area (Å²) in [5, 5.41) is 2.98. The van der Waals surface area contributed by atoms with Crippen LogP contribution in [0.3, 0.4) is 0 Å². The number of carbonyl (C=O) groups is 2. The van der Waals surface area contributed by atoms with E-state index in [0.29, 0.717) is 25.8 Å². The summed E-state index contributed by atoms with van der Waals surface area (Å²) in [6.45, 7) is 7.98. The lowest BCUT2D eigenvalue weighted by Gasteiger charge is -2.31. The molecule has 4 rings (SSSR count). The largest absolute Gasteiger partial charge is 0.326 e. The van der Waals surface area contributed by atoms with Crippen molar-refractivity contribution in [3.63, 3.8) is 0 Å². The molecule has 0 unspecified atom stereocenters. The molecule has 2 aromatic carbocycles. The Hall–Kier alpha value is -2.71. The molecular weight excluding hydrogens is 438 g/mol. The number of anilines is 2. The van der Waals surface area contributed by atoms with Gasteiger partial charge in [0.25, 0.3) is 0 Å². The number of piperidine rings is 1. The monoisotopic (exact) mass is 469 g/mol. The number of nitrogens with one attached hydrogen (secondary N) is 1. The molecule has 176 valence electrons. The van der Waals surface area contributed by atoms with E-state index in [0.717, 1.165) is 28.1 Å². The minimum atomic E-state index is -3.74. The first kappa shape index (κ1) is 23.4. The van der Waals surface area contributed by atoms with Crippen LogP contribution >= 0.6 is 0 Å². The summed E-state index contributed by atoms with van der Waals surface area (Å²) >= 11 is 0. The molecule has 0 radical (unpaired) electrons. The Morgan fingerprint density at radius 3 is 2.55 bits per heavy atom. The lowest BCUT2D eigenvalue weighted by Crippen LogP contribution is -2.43. The van der Waals surface area contributed by atoms with Crippen LogP contribution in [0.2, 0.25) is 0 Å². The summed E-state index contributed by atoms with van der Waals surface area (Å²) in [5.41, 5.74) is 4.50. The molecule has 0 saturated carbocycles. The van der Waals surface area contributed by atoms with E-state index in [4.69, 9.17) is 0 Å². The Labute approximate surface area is 195 Å². The molecule has 2 aliphatic heterocycles. The molecule has 2 heterocycles. The zero-order chi connectivity index (χ0) is 23.9. The summed E-state index contributed by atoms with van der Waals surface area (Å²) in [6.07, 6.45) is 1.90. The third-order valence-electron chi connectivity index (χ3n) is 6.64. The van der Waals surface area contributed by atoms with Gasteiger partial charge in [0.05, 0.1) is 10.8 Å². The predicted molar refractivity (Wildman–Crippen MR) is 129 cm³/mol. The SMILES string of the molecule is CC(=O)N1c2ccc(S(=O)(=O)N3CCC[C@@H](C(=O)Nc4ccc(C)cc4C)C3)cc2C[C@@H]1C. The molecule has 2 aliphatic rings. The number of nitrogens with zero attached hydrogens (tertiary/aromatic N) is 2. The molecule has 0 bridgehead atoms. The van der Waals surface area contributed by atoms with E-state index in [1.807, 2.05) is 39.0 Å². The number of aryl methyl sites for hydroxylation is 2. The fourth-order valence-electron chi connectivity index (χ4n) is 4.96. The number of fused-ring (bicyclic) bond motifs is 1. The maximum absolute atomic E-state index is 13.4. The number of hydrogen-bond acceptors (Lipinski definition) is 4. The summed E-state index contributed by atoms with van der Waals surface area (Å²) in [6, 6.07) is 10.8. The van der Waals surface area contributed by atoms with Crippen molar-refractivity contribution in [1.82, 2.24) is 4.31 Å². The third-order valence-corrected chi connectivity index (χ3v) is 8.50. The van der Waals surface area contributed by atoms with Crippen molar-refractivity contribution in [1.29, 1.82) is 0 Å². The van der Waals surface area contributed by atoms with Gasteiger partial charge in [0.2, 0.25) is 21.8 Å². The predicted octanol–water partition coefficient (Wildman–Crippen LogP) is 3.64. The van der Waals surface area contributed by atoms with Crippen LogP contribution in [0, 0.1) is 19.8 Å². The van der Waals surface area contributed by atoms with E-state index in [1.165, 1.54) is 11.2 Å². The maximum Gasteiger partial charge on any atom is 0.243 e. The van der Waals surface area contributed by atoms with E-state index < -0.39 is 15.9 Å². The first-order valence-electron chi connectivity index (χ1n) is 11.4. The summed E-state index contributed by atoms with van der Waals surface area (Å²) < 4.78 is 28.3. The Kier molecular flexibility index (Phi) is 6.33. The van der Waals surface area contributed by atoms with E-state index in [1.54, 1.807) is 23.1 Å². The molecule has 8 heteroatoms. The molecule has 2 atom stereocenters. The van der Waals surface area contributed by atoms with E-state index in [-0.39, 0.29) is 29.3 Å². The normalized spacial score (nSPS) is 21.0. The molecule has 2 aromatic rings. The zero-order valence-corrected chi connectivity index (χ0v) is 20.4. The van der Waals surface area contributed by atoms with Crippen molar-refractivity contribution in [2.75, 3.05) is 23.3 Å². The van der Waals surface area contributed by atoms with Crippen molar-refractivity contribution < 1.29 is 18.0 Å². The van der Waals surface area contributed by atoms with Gasteiger partial charge in [-0.15, -0.1) is 0 Å². The minimum absolute atomic E-state index is 0.00347. The standard InChI is InChI=1S/C25H31N3O4S/c1-16-7-9-23(17(2)12-16)26-25(30)20-6-5-11-27(15-20)33(31,32)22-8-10-24-21(14-22)13-18(3)28(24)19(4)29/h7-10,12,14,18,20H,5-6,11,13,15H2,1-4H3,(H,26,30)/t18-,20+/m0/s1. The highest BCUT2D eigenvalue weighted by Gasteiger charge is 2.35. The average Bonchev–Trinajstić information content (AvgIpc) is 3.10. The van der Waals surface area contributed by atoms with Gasteiger partial charge in [-0.25, -0.2) is 8.42 Å². The Balaban J connectivity index is 1.51. The van der Waals surface area contributed by atoms with E-state index >= 15 is 0 Å². The van der Waals surface area contributed by atoms with Crippen LogP contribution in [0.15, 0.2) is 41.3 Å². The Morgan fingerprint density at radius 1 is 1.09 bits per heavy atom. The van der Waals surface area contributed by atoms with Crippen LogP contribution in [0.25, 0.3) is 0 Å². The molecule has 0 spiro atoms. The molecule has 33 heavy (non-hydrogen) atoms. The van der Waals surface area contributed by atoms with Crippen molar-refractivity contribution in [2.24, 2.45) is 5.92 Å². The van der Waals surface area contributed by atoms with Crippen LogP contribution < -0.4 is 10.2 Å². The van der Waals surface area contributed by atoms with Crippen molar-refractivity contribution in [3.05, 3.63) is 53.1 Å². The molecule has 2 amide bonds. The van der Waals surface area contributed by atoms with Gasteiger partial charge in [-0.05, 0) is 75.4 Å². The highest BCUT2D eigenvalue weighted by Crippen LogP contribution is 2.35. The Morgan fingerprint density at radius 2 is 1.85 bits per heavy atom. The van der Waals surface area contributed by atoms with E-state index in [2.05, 4.69) is 5.32 Å². The average molecular weight is 470 g/mol. The number of amides is 2. The molecule has 0 aliphatic carbocycles. The lowest BCUT2D eigenvalue weighted by atomic mass is 9.98. The molecule has 0 aromatic heterocycles. The first-order valence-corrected chi connectivity index (χ1v) is 12.8. The van der Waals surface area contributed by atoms with Crippen LogP contribution in [0.1, 0.15) is 43.4 Å². The lowest BCUT2D eigenvalue weighted by molar-refractivity contribution is -0.121. The summed E-state index contributed by atoms with van der Waals surface area (Å²) in [5.74, 6) is -0.607. The second-order valence-corrected chi connectivity index (χ2v) is 11.2. The summed E-state index contributed by atoms with van der Waals surface area (Å²) in [4.78, 5) is 26.8. The number of sulfonamides is 1. The van der Waals surface area contributed by atoms with Crippen molar-refractivity contribution in [2.45, 2.75) is 57.9 Å². The van der Waals surface area contributed by atoms with Gasteiger partial charge < -0.3 is 10.2 Å². The highest BCUT2D eigenvalue weighted by molar-refractivity contribution is 7.89. The van der Waals surface area contributed by atoms with Crippen molar-refractivity contribution >= 4 is 33.2 Å². The van der Waals surface area contributed by atoms with Gasteiger partial charge in [-0.1, -0.05) is 17.7 Å². The number of hydrogen-bond donors (Lipinski definition) is 1. The second-order valence-electron chi connectivity index (χ2n) is 9.24. The van der Waals surface area contributed by atoms with Crippen LogP contribution in [0.4, 0.5) is 11.4 Å². The molecule has 1 N–H and O–H groups in total. The first-order chi connectivity index (χ1) is 15.6. The van der Waals surface area contributed by atoms with Gasteiger partial charge in [-0.2, -0.15) is 4.31 Å². The van der Waals surface area contributed by atoms with Crippen molar-refractivity contribution in [3.8, 4) is 0 Å². The van der Waals surface area contributed by atoms with Gasteiger partial charge in [0.1, 0.15) is 0 Å². The number of rotatable bonds is 4. The van der Waals surface area contributed by atoms with Crippen LogP contribution in [-0.2, 0) is 26.0 Å². The second kappa shape index (κ2) is 8.91. The highest BCUT2D eigenvalue weighted by atomic mass is 32.2. The summed E-state index contributed by atoms with van der Waals surface area (Å²) in [7, 11) is -3.74. The fourth-order valence-corrected chi connectivity index (χ4v) is 6.54. The van der Waals surface area contributed by atoms with E-state index in [9.17, 15) is 18.0 Å². The molecule has 7 nitrogen and oxygen atoms in total. The fraction of sp³-hybridized carbons (Fsp3) is 0.440. The van der Waals surface area contributed by atoms with Crippen LogP contribution in [-0.4, -0.2) is 43.7 Å². The van der Waals surface area contributed by atoms with Crippen LogP contribution in [0.5, 0.6) is 0 Å². The smallest absolute Gasteiger partial charge is 0.243 e. The number of carbonyl (C=O) groups excluding carboxylic acids is 2. The zero-order valence-electron chi connectivity index (χ0n) is 19.6. The number of benzene rings is 2. The molecule has 1 fully saturated rings. The quantitative estimate of drug-likeness (QED) is 0.741. The topological polar surface area (TPSA) is 86.8 Å². The Bertz CT molecular complexity index is 1210. The van der Waals surface area contributed by atoms with Gasteiger partial charge in [0.15, 0.2) is 0 Å². The molecular formula is C25H31N3O4S. The minimum Gasteiger partial charge on any atom is -0.326 e.